The Hall–Kier alpha value is -0.120. The number of nitrogens with one attached hydrogen (secondary N) is 1. The van der Waals surface area contributed by atoms with Crippen LogP contribution in [0.3, 0.4) is 0 Å². The molecule has 0 aromatic carbocycles. The summed E-state index contributed by atoms with van der Waals surface area (Å²) in [5.41, 5.74) is 0. The van der Waals surface area contributed by atoms with Crippen LogP contribution in [0.5, 0.6) is 0 Å². The van der Waals surface area contributed by atoms with E-state index >= 15 is 0 Å². The second-order valence-electron chi connectivity index (χ2n) is 4.04. The average molecular weight is 200 g/mol. The molecule has 84 valence electrons. The van der Waals surface area contributed by atoms with E-state index in [2.05, 4.69) is 17.1 Å². The molecule has 3 nitrogen and oxygen atoms in total. The Morgan fingerprint density at radius 2 is 2.29 bits per heavy atom. The van der Waals surface area contributed by atoms with E-state index in [1.165, 1.54) is 32.5 Å². The van der Waals surface area contributed by atoms with Crippen molar-refractivity contribution in [3.05, 3.63) is 0 Å². The molecule has 0 spiro atoms. The standard InChI is InChI=1S/C11H24N2O/c1-3-11-5-8-13(9-6-12-11)7-4-10-14-2/h11-12H,3-10H2,1-2H3. The number of rotatable bonds is 5. The van der Waals surface area contributed by atoms with E-state index in [-0.39, 0.29) is 0 Å². The maximum Gasteiger partial charge on any atom is 0.0474 e. The quantitative estimate of drug-likeness (QED) is 0.673. The van der Waals surface area contributed by atoms with Crippen molar-refractivity contribution in [1.82, 2.24) is 10.2 Å². The first-order chi connectivity index (χ1) is 6.86. The lowest BCUT2D eigenvalue weighted by Crippen LogP contribution is -2.30. The Labute approximate surface area is 87.8 Å². The van der Waals surface area contributed by atoms with Gasteiger partial charge in [-0.3, -0.25) is 0 Å². The normalized spacial score (nSPS) is 24.9. The van der Waals surface area contributed by atoms with Crippen molar-refractivity contribution in [3.8, 4) is 0 Å². The second-order valence-corrected chi connectivity index (χ2v) is 4.04. The fourth-order valence-corrected chi connectivity index (χ4v) is 1.98. The van der Waals surface area contributed by atoms with Crippen molar-refractivity contribution < 1.29 is 4.74 Å². The van der Waals surface area contributed by atoms with Crippen LogP contribution in [-0.2, 0) is 4.74 Å². The van der Waals surface area contributed by atoms with E-state index in [0.717, 1.165) is 25.6 Å². The number of ether oxygens (including phenoxy) is 1. The third-order valence-corrected chi connectivity index (χ3v) is 2.97. The Kier molecular flexibility index (Phi) is 6.15. The molecule has 1 heterocycles. The molecule has 0 aliphatic carbocycles. The molecule has 1 aliphatic heterocycles. The fourth-order valence-electron chi connectivity index (χ4n) is 1.98. The molecule has 1 saturated heterocycles. The van der Waals surface area contributed by atoms with Crippen LogP contribution in [0.4, 0.5) is 0 Å². The van der Waals surface area contributed by atoms with Crippen LogP contribution in [0.25, 0.3) is 0 Å². The molecule has 1 N–H and O–H groups in total. The zero-order valence-electron chi connectivity index (χ0n) is 9.59. The lowest BCUT2D eigenvalue weighted by Gasteiger charge is -2.19. The summed E-state index contributed by atoms with van der Waals surface area (Å²) in [5, 5.41) is 3.58. The van der Waals surface area contributed by atoms with Gasteiger partial charge in [0.1, 0.15) is 0 Å². The van der Waals surface area contributed by atoms with Crippen LogP contribution in [0.1, 0.15) is 26.2 Å². The van der Waals surface area contributed by atoms with Crippen LogP contribution in [-0.4, -0.2) is 50.8 Å². The second kappa shape index (κ2) is 7.21. The minimum absolute atomic E-state index is 0.738. The molecule has 0 bridgehead atoms. The first-order valence-corrected chi connectivity index (χ1v) is 5.81. The summed E-state index contributed by atoms with van der Waals surface area (Å²) >= 11 is 0. The van der Waals surface area contributed by atoms with Crippen molar-refractivity contribution >= 4 is 0 Å². The van der Waals surface area contributed by atoms with Crippen molar-refractivity contribution in [2.24, 2.45) is 0 Å². The minimum atomic E-state index is 0.738. The summed E-state index contributed by atoms with van der Waals surface area (Å²) in [7, 11) is 1.77. The first kappa shape index (κ1) is 12.0. The van der Waals surface area contributed by atoms with Crippen molar-refractivity contribution in [2.45, 2.75) is 32.2 Å². The number of hydrogen-bond acceptors (Lipinski definition) is 3. The third kappa shape index (κ3) is 4.40. The van der Waals surface area contributed by atoms with Gasteiger partial charge in [0.15, 0.2) is 0 Å². The highest BCUT2D eigenvalue weighted by molar-refractivity contribution is 4.73. The molecule has 1 rings (SSSR count). The predicted molar refractivity (Wildman–Crippen MR) is 59.6 cm³/mol. The smallest absolute Gasteiger partial charge is 0.0474 e. The van der Waals surface area contributed by atoms with Crippen LogP contribution >= 0.6 is 0 Å². The maximum atomic E-state index is 5.06. The van der Waals surface area contributed by atoms with Crippen molar-refractivity contribution in [1.29, 1.82) is 0 Å². The number of hydrogen-bond donors (Lipinski definition) is 1. The molecule has 1 unspecified atom stereocenters. The van der Waals surface area contributed by atoms with Crippen LogP contribution in [0, 0.1) is 0 Å². The molecular weight excluding hydrogens is 176 g/mol. The molecule has 3 heteroatoms. The van der Waals surface area contributed by atoms with Gasteiger partial charge < -0.3 is 15.0 Å². The Balaban J connectivity index is 2.14. The fraction of sp³-hybridized carbons (Fsp3) is 1.00. The molecule has 1 aliphatic rings. The van der Waals surface area contributed by atoms with Gasteiger partial charge in [0, 0.05) is 39.4 Å². The van der Waals surface area contributed by atoms with E-state index in [1.54, 1.807) is 7.11 Å². The predicted octanol–water partition coefficient (Wildman–Crippen LogP) is 1.10. The van der Waals surface area contributed by atoms with E-state index < -0.39 is 0 Å². The highest BCUT2D eigenvalue weighted by atomic mass is 16.5. The average Bonchev–Trinajstić information content (AvgIpc) is 2.43. The summed E-state index contributed by atoms with van der Waals surface area (Å²) < 4.78 is 5.06. The summed E-state index contributed by atoms with van der Waals surface area (Å²) in [5.74, 6) is 0. The zero-order valence-corrected chi connectivity index (χ0v) is 9.59. The van der Waals surface area contributed by atoms with Gasteiger partial charge in [-0.05, 0) is 25.8 Å². The Morgan fingerprint density at radius 3 is 3.00 bits per heavy atom. The lowest BCUT2D eigenvalue weighted by atomic mass is 10.1. The van der Waals surface area contributed by atoms with E-state index in [9.17, 15) is 0 Å². The summed E-state index contributed by atoms with van der Waals surface area (Å²) in [4.78, 5) is 2.54. The molecular formula is C11H24N2O. The Bertz CT molecular complexity index is 141. The first-order valence-electron chi connectivity index (χ1n) is 5.81. The van der Waals surface area contributed by atoms with Gasteiger partial charge in [-0.1, -0.05) is 6.92 Å². The molecule has 0 radical (unpaired) electrons. The molecule has 1 atom stereocenters. The van der Waals surface area contributed by atoms with E-state index in [1.807, 2.05) is 0 Å². The topological polar surface area (TPSA) is 24.5 Å². The maximum absolute atomic E-state index is 5.06. The van der Waals surface area contributed by atoms with Gasteiger partial charge in [0.05, 0.1) is 0 Å². The summed E-state index contributed by atoms with van der Waals surface area (Å²) in [6.45, 7) is 7.92. The van der Waals surface area contributed by atoms with Gasteiger partial charge in [-0.15, -0.1) is 0 Å². The van der Waals surface area contributed by atoms with Gasteiger partial charge in [-0.25, -0.2) is 0 Å². The SMILES string of the molecule is CCC1CCN(CCCOC)CCN1. The molecule has 0 saturated carbocycles. The largest absolute Gasteiger partial charge is 0.385 e. The van der Waals surface area contributed by atoms with E-state index in [4.69, 9.17) is 4.74 Å². The molecule has 0 aromatic rings. The third-order valence-electron chi connectivity index (χ3n) is 2.97. The number of nitrogens with zero attached hydrogens (tertiary/aromatic N) is 1. The molecule has 14 heavy (non-hydrogen) atoms. The highest BCUT2D eigenvalue weighted by Crippen LogP contribution is 2.04. The highest BCUT2D eigenvalue weighted by Gasteiger charge is 2.13. The van der Waals surface area contributed by atoms with Gasteiger partial charge in [0.25, 0.3) is 0 Å². The van der Waals surface area contributed by atoms with Gasteiger partial charge in [-0.2, -0.15) is 0 Å². The summed E-state index contributed by atoms with van der Waals surface area (Å²) in [6, 6.07) is 0.738. The monoisotopic (exact) mass is 200 g/mol. The summed E-state index contributed by atoms with van der Waals surface area (Å²) in [6.07, 6.45) is 3.71. The molecule has 1 fully saturated rings. The lowest BCUT2D eigenvalue weighted by molar-refractivity contribution is 0.174. The van der Waals surface area contributed by atoms with Crippen LogP contribution in [0.2, 0.25) is 0 Å². The van der Waals surface area contributed by atoms with E-state index in [0.29, 0.717) is 0 Å². The van der Waals surface area contributed by atoms with Gasteiger partial charge in [0.2, 0.25) is 0 Å². The minimum Gasteiger partial charge on any atom is -0.385 e. The Morgan fingerprint density at radius 1 is 1.43 bits per heavy atom. The zero-order chi connectivity index (χ0) is 10.2. The molecule has 0 amide bonds. The number of methoxy groups -OCH3 is 1. The van der Waals surface area contributed by atoms with Gasteiger partial charge >= 0.3 is 0 Å². The van der Waals surface area contributed by atoms with Crippen molar-refractivity contribution in [3.63, 3.8) is 0 Å². The molecule has 0 aromatic heterocycles. The van der Waals surface area contributed by atoms with Crippen LogP contribution < -0.4 is 5.32 Å². The van der Waals surface area contributed by atoms with Crippen molar-refractivity contribution in [2.75, 3.05) is 39.9 Å². The van der Waals surface area contributed by atoms with Crippen LogP contribution in [0.15, 0.2) is 0 Å².